The van der Waals surface area contributed by atoms with Gasteiger partial charge in [-0.15, -0.1) is 0 Å². The van der Waals surface area contributed by atoms with E-state index in [1.807, 2.05) is 17.8 Å². The summed E-state index contributed by atoms with van der Waals surface area (Å²) < 4.78 is 0. The minimum absolute atomic E-state index is 0.363. The second kappa shape index (κ2) is 5.87. The van der Waals surface area contributed by atoms with Gasteiger partial charge in [0.2, 0.25) is 0 Å². The Morgan fingerprint density at radius 2 is 2.06 bits per heavy atom. The molecule has 1 heterocycles. The number of anilines is 1. The Kier molecular flexibility index (Phi) is 4.21. The highest BCUT2D eigenvalue weighted by atomic mass is 32.2. The molecule has 0 spiro atoms. The van der Waals surface area contributed by atoms with Crippen LogP contribution in [0.1, 0.15) is 31.4 Å². The topological polar surface area (TPSA) is 61.6 Å². The molecule has 0 aliphatic heterocycles. The molecule has 1 aliphatic rings. The lowest BCUT2D eigenvalue weighted by Gasteiger charge is -2.28. The van der Waals surface area contributed by atoms with Crippen LogP contribution in [-0.4, -0.2) is 27.5 Å². The van der Waals surface area contributed by atoms with Crippen molar-refractivity contribution in [2.45, 2.75) is 37.0 Å². The molecule has 0 bridgehead atoms. The molecule has 0 atom stereocenters. The van der Waals surface area contributed by atoms with E-state index >= 15 is 0 Å². The first-order valence-electron chi connectivity index (χ1n) is 5.83. The van der Waals surface area contributed by atoms with Crippen molar-refractivity contribution in [1.29, 1.82) is 5.26 Å². The van der Waals surface area contributed by atoms with Crippen LogP contribution in [0.25, 0.3) is 0 Å². The monoisotopic (exact) mass is 248 g/mol. The highest BCUT2D eigenvalue weighted by Crippen LogP contribution is 2.28. The van der Waals surface area contributed by atoms with Gasteiger partial charge in [-0.3, -0.25) is 0 Å². The van der Waals surface area contributed by atoms with E-state index in [0.29, 0.717) is 11.7 Å². The lowest BCUT2D eigenvalue weighted by Crippen LogP contribution is -2.27. The summed E-state index contributed by atoms with van der Waals surface area (Å²) in [6.07, 6.45) is 10.2. The molecule has 17 heavy (non-hydrogen) atoms. The molecular formula is C12H16N4S. The Labute approximate surface area is 106 Å². The SMILES string of the molecule is CSC1CCC(Nc2cnc(C#N)cn2)CC1. The maximum Gasteiger partial charge on any atom is 0.158 e. The third kappa shape index (κ3) is 3.34. The molecule has 0 amide bonds. The van der Waals surface area contributed by atoms with Gasteiger partial charge in [0.15, 0.2) is 5.69 Å². The molecule has 0 radical (unpaired) electrons. The largest absolute Gasteiger partial charge is 0.366 e. The van der Waals surface area contributed by atoms with Gasteiger partial charge in [0.25, 0.3) is 0 Å². The first kappa shape index (κ1) is 12.2. The van der Waals surface area contributed by atoms with Gasteiger partial charge in [-0.25, -0.2) is 9.97 Å². The van der Waals surface area contributed by atoms with E-state index in [0.717, 1.165) is 11.1 Å². The van der Waals surface area contributed by atoms with Crippen LogP contribution >= 0.6 is 11.8 Å². The molecule has 1 fully saturated rings. The molecule has 90 valence electrons. The van der Waals surface area contributed by atoms with E-state index in [2.05, 4.69) is 21.5 Å². The number of hydrogen-bond acceptors (Lipinski definition) is 5. The number of hydrogen-bond donors (Lipinski definition) is 1. The average Bonchev–Trinajstić information content (AvgIpc) is 2.40. The Morgan fingerprint density at radius 1 is 1.29 bits per heavy atom. The Morgan fingerprint density at radius 3 is 2.59 bits per heavy atom. The quantitative estimate of drug-likeness (QED) is 0.890. The van der Waals surface area contributed by atoms with Crippen molar-refractivity contribution in [2.75, 3.05) is 11.6 Å². The third-order valence-corrected chi connectivity index (χ3v) is 4.26. The molecule has 1 saturated carbocycles. The molecule has 1 aromatic rings. The zero-order chi connectivity index (χ0) is 12.1. The molecule has 1 aromatic heterocycles. The first-order valence-corrected chi connectivity index (χ1v) is 7.12. The lowest BCUT2D eigenvalue weighted by atomic mass is 9.95. The molecule has 0 unspecified atom stereocenters. The van der Waals surface area contributed by atoms with Crippen molar-refractivity contribution in [2.24, 2.45) is 0 Å². The number of nitrogens with one attached hydrogen (secondary N) is 1. The van der Waals surface area contributed by atoms with Crippen LogP contribution in [0.5, 0.6) is 0 Å². The summed E-state index contributed by atoms with van der Waals surface area (Å²) in [5.74, 6) is 0.775. The summed E-state index contributed by atoms with van der Waals surface area (Å²) in [6, 6.07) is 2.47. The normalized spacial score (nSPS) is 24.0. The highest BCUT2D eigenvalue weighted by Gasteiger charge is 2.20. The molecule has 1 aliphatic carbocycles. The molecule has 0 aromatic carbocycles. The molecule has 1 N–H and O–H groups in total. The van der Waals surface area contributed by atoms with Gasteiger partial charge in [0.05, 0.1) is 12.4 Å². The summed E-state index contributed by atoms with van der Waals surface area (Å²) in [7, 11) is 0. The number of thioether (sulfide) groups is 1. The van der Waals surface area contributed by atoms with Gasteiger partial charge in [0, 0.05) is 11.3 Å². The molecular weight excluding hydrogens is 232 g/mol. The summed E-state index contributed by atoms with van der Waals surface area (Å²) >= 11 is 1.97. The Bertz CT molecular complexity index is 390. The van der Waals surface area contributed by atoms with E-state index < -0.39 is 0 Å². The predicted octanol–water partition coefficient (Wildman–Crippen LogP) is 2.43. The fourth-order valence-corrected chi connectivity index (χ4v) is 2.86. The third-order valence-electron chi connectivity index (χ3n) is 3.13. The summed E-state index contributed by atoms with van der Waals surface area (Å²) in [5.41, 5.74) is 0.363. The van der Waals surface area contributed by atoms with Gasteiger partial charge in [0.1, 0.15) is 11.9 Å². The maximum atomic E-state index is 8.63. The van der Waals surface area contributed by atoms with Crippen LogP contribution < -0.4 is 5.32 Å². The average molecular weight is 248 g/mol. The van der Waals surface area contributed by atoms with Crippen molar-refractivity contribution in [3.05, 3.63) is 18.1 Å². The van der Waals surface area contributed by atoms with Gasteiger partial charge >= 0.3 is 0 Å². The highest BCUT2D eigenvalue weighted by molar-refractivity contribution is 7.99. The number of rotatable bonds is 3. The van der Waals surface area contributed by atoms with E-state index in [1.54, 1.807) is 6.20 Å². The van der Waals surface area contributed by atoms with Gasteiger partial charge in [-0.1, -0.05) is 0 Å². The van der Waals surface area contributed by atoms with Crippen LogP contribution in [0.15, 0.2) is 12.4 Å². The van der Waals surface area contributed by atoms with E-state index in [4.69, 9.17) is 5.26 Å². The van der Waals surface area contributed by atoms with Crippen molar-refractivity contribution < 1.29 is 0 Å². The number of nitrogens with zero attached hydrogens (tertiary/aromatic N) is 3. The number of nitriles is 1. The zero-order valence-corrected chi connectivity index (χ0v) is 10.7. The van der Waals surface area contributed by atoms with Crippen molar-refractivity contribution in [1.82, 2.24) is 9.97 Å². The first-order chi connectivity index (χ1) is 8.31. The minimum atomic E-state index is 0.363. The van der Waals surface area contributed by atoms with Crippen molar-refractivity contribution >= 4 is 17.6 Å². The van der Waals surface area contributed by atoms with Crippen molar-refractivity contribution in [3.63, 3.8) is 0 Å². The van der Waals surface area contributed by atoms with E-state index in [9.17, 15) is 0 Å². The molecule has 2 rings (SSSR count). The Balaban J connectivity index is 1.87. The molecule has 5 heteroatoms. The summed E-state index contributed by atoms with van der Waals surface area (Å²) in [4.78, 5) is 8.19. The molecule has 4 nitrogen and oxygen atoms in total. The number of aromatic nitrogens is 2. The minimum Gasteiger partial charge on any atom is -0.366 e. The standard InChI is InChI=1S/C12H16N4S/c1-17-11-4-2-9(3-5-11)16-12-8-14-10(6-13)7-15-12/h7-9,11H,2-5H2,1H3,(H,15,16). The molecule has 0 saturated heterocycles. The second-order valence-corrected chi connectivity index (χ2v) is 5.39. The summed E-state index contributed by atoms with van der Waals surface area (Å²) in [6.45, 7) is 0. The van der Waals surface area contributed by atoms with Crippen molar-refractivity contribution in [3.8, 4) is 6.07 Å². The Hall–Kier alpha value is -1.28. The van der Waals surface area contributed by atoms with Gasteiger partial charge < -0.3 is 5.32 Å². The van der Waals surface area contributed by atoms with E-state index in [-0.39, 0.29) is 0 Å². The van der Waals surface area contributed by atoms with Crippen LogP contribution in [0.3, 0.4) is 0 Å². The second-order valence-electron chi connectivity index (χ2n) is 4.25. The maximum absolute atomic E-state index is 8.63. The fraction of sp³-hybridized carbons (Fsp3) is 0.583. The van der Waals surface area contributed by atoms with Crippen LogP contribution in [0.4, 0.5) is 5.82 Å². The zero-order valence-electron chi connectivity index (χ0n) is 9.89. The van der Waals surface area contributed by atoms with Gasteiger partial charge in [-0.05, 0) is 31.9 Å². The lowest BCUT2D eigenvalue weighted by molar-refractivity contribution is 0.472. The summed E-state index contributed by atoms with van der Waals surface area (Å²) in [5, 5.41) is 12.8. The predicted molar refractivity (Wildman–Crippen MR) is 69.9 cm³/mol. The fourth-order valence-electron chi connectivity index (χ4n) is 2.11. The van der Waals surface area contributed by atoms with Gasteiger partial charge in [-0.2, -0.15) is 17.0 Å². The van der Waals surface area contributed by atoms with Crippen LogP contribution in [-0.2, 0) is 0 Å². The van der Waals surface area contributed by atoms with E-state index in [1.165, 1.54) is 31.9 Å². The smallest absolute Gasteiger partial charge is 0.158 e. The van der Waals surface area contributed by atoms with Crippen LogP contribution in [0, 0.1) is 11.3 Å². The van der Waals surface area contributed by atoms with Crippen LogP contribution in [0.2, 0.25) is 0 Å².